The number of carbonyl (C=O) groups excluding carboxylic acids is 2. The number of nitrogens with one attached hydrogen (secondary N) is 2. The van der Waals surface area contributed by atoms with E-state index in [1.165, 1.54) is 6.07 Å². The molecule has 0 heterocycles. The molecule has 110 valence electrons. The third-order valence-electron chi connectivity index (χ3n) is 3.10. The monoisotopic (exact) mass is 293 g/mol. The van der Waals surface area contributed by atoms with E-state index in [9.17, 15) is 9.59 Å². The molecule has 2 amide bonds. The molecule has 0 bridgehead atoms. The lowest BCUT2D eigenvalue weighted by Gasteiger charge is -2.10. The molecule has 0 aliphatic rings. The highest BCUT2D eigenvalue weighted by atomic mass is 16.2. The Morgan fingerprint density at radius 3 is 2.50 bits per heavy atom. The minimum Gasteiger partial charge on any atom is -0.318 e. The molecule has 2 rings (SSSR count). The molecule has 2 aromatic rings. The van der Waals surface area contributed by atoms with Gasteiger partial charge in [-0.15, -0.1) is 0 Å². The van der Waals surface area contributed by atoms with Gasteiger partial charge in [0.15, 0.2) is 0 Å². The third kappa shape index (κ3) is 3.70. The second-order valence-corrected chi connectivity index (χ2v) is 4.61. The second kappa shape index (κ2) is 7.04. The van der Waals surface area contributed by atoms with Crippen molar-refractivity contribution < 1.29 is 9.59 Å². The number of rotatable bonds is 3. The van der Waals surface area contributed by atoms with Gasteiger partial charge in [-0.2, -0.15) is 5.26 Å². The highest BCUT2D eigenvalue weighted by molar-refractivity contribution is 6.43. The Morgan fingerprint density at radius 2 is 1.77 bits per heavy atom. The fourth-order valence-electron chi connectivity index (χ4n) is 1.98. The summed E-state index contributed by atoms with van der Waals surface area (Å²) in [6.45, 7) is 1.97. The van der Waals surface area contributed by atoms with Gasteiger partial charge in [0.05, 0.1) is 11.6 Å². The zero-order valence-corrected chi connectivity index (χ0v) is 12.1. The first-order valence-corrected chi connectivity index (χ1v) is 6.84. The summed E-state index contributed by atoms with van der Waals surface area (Å²) in [4.78, 5) is 23.9. The molecular formula is C17H15N3O2. The van der Waals surface area contributed by atoms with Crippen LogP contribution in [-0.2, 0) is 16.0 Å². The molecule has 0 fully saturated rings. The van der Waals surface area contributed by atoms with E-state index in [0.717, 1.165) is 12.0 Å². The summed E-state index contributed by atoms with van der Waals surface area (Å²) in [7, 11) is 0. The standard InChI is InChI=1S/C17H15N3O2/c1-2-13-7-3-4-9-15(13)20-17(22)16(21)19-14-8-5-6-12(10-14)11-18/h3-10H,2H2,1H3,(H,19,21)(H,20,22). The van der Waals surface area contributed by atoms with Crippen molar-refractivity contribution in [3.8, 4) is 6.07 Å². The quantitative estimate of drug-likeness (QED) is 0.854. The van der Waals surface area contributed by atoms with E-state index < -0.39 is 11.8 Å². The molecule has 0 aromatic heterocycles. The summed E-state index contributed by atoms with van der Waals surface area (Å²) < 4.78 is 0. The molecule has 2 N–H and O–H groups in total. The molecule has 0 saturated heterocycles. The fourth-order valence-corrected chi connectivity index (χ4v) is 1.98. The van der Waals surface area contributed by atoms with E-state index in [2.05, 4.69) is 10.6 Å². The normalized spacial score (nSPS) is 9.64. The highest BCUT2D eigenvalue weighted by Crippen LogP contribution is 2.15. The molecule has 2 aromatic carbocycles. The summed E-state index contributed by atoms with van der Waals surface area (Å²) in [5.41, 5.74) is 2.39. The van der Waals surface area contributed by atoms with Crippen molar-refractivity contribution in [2.24, 2.45) is 0 Å². The smallest absolute Gasteiger partial charge is 0.314 e. The van der Waals surface area contributed by atoms with Gasteiger partial charge in [0, 0.05) is 11.4 Å². The summed E-state index contributed by atoms with van der Waals surface area (Å²) in [5.74, 6) is -1.52. The number of para-hydroxylation sites is 1. The Kier molecular flexibility index (Phi) is 4.89. The number of hydrogen-bond acceptors (Lipinski definition) is 3. The molecule has 0 aliphatic heterocycles. The topological polar surface area (TPSA) is 82.0 Å². The average Bonchev–Trinajstić information content (AvgIpc) is 2.55. The summed E-state index contributed by atoms with van der Waals surface area (Å²) in [6.07, 6.45) is 0.752. The van der Waals surface area contributed by atoms with Crippen LogP contribution in [0.3, 0.4) is 0 Å². The van der Waals surface area contributed by atoms with Gasteiger partial charge in [-0.3, -0.25) is 9.59 Å². The van der Waals surface area contributed by atoms with Crippen LogP contribution in [0.2, 0.25) is 0 Å². The Morgan fingerprint density at radius 1 is 1.05 bits per heavy atom. The van der Waals surface area contributed by atoms with Crippen molar-refractivity contribution in [1.29, 1.82) is 5.26 Å². The second-order valence-electron chi connectivity index (χ2n) is 4.61. The molecule has 0 unspecified atom stereocenters. The summed E-state index contributed by atoms with van der Waals surface area (Å²) in [6, 6.07) is 15.7. The van der Waals surface area contributed by atoms with Crippen LogP contribution >= 0.6 is 0 Å². The van der Waals surface area contributed by atoms with E-state index in [4.69, 9.17) is 5.26 Å². The first-order chi connectivity index (χ1) is 10.6. The van der Waals surface area contributed by atoms with E-state index in [-0.39, 0.29) is 0 Å². The van der Waals surface area contributed by atoms with Crippen LogP contribution in [0.15, 0.2) is 48.5 Å². The van der Waals surface area contributed by atoms with Crippen LogP contribution in [0.5, 0.6) is 0 Å². The average molecular weight is 293 g/mol. The lowest BCUT2D eigenvalue weighted by molar-refractivity contribution is -0.133. The first kappa shape index (κ1) is 15.3. The lowest BCUT2D eigenvalue weighted by atomic mass is 10.1. The molecule has 0 radical (unpaired) electrons. The third-order valence-corrected chi connectivity index (χ3v) is 3.10. The minimum atomic E-state index is -0.777. The molecule has 5 heteroatoms. The van der Waals surface area contributed by atoms with Gasteiger partial charge >= 0.3 is 11.8 Å². The molecule has 0 atom stereocenters. The summed E-state index contributed by atoms with van der Waals surface area (Å²) >= 11 is 0. The maximum Gasteiger partial charge on any atom is 0.314 e. The molecule has 0 saturated carbocycles. The van der Waals surface area contributed by atoms with E-state index in [1.807, 2.05) is 25.1 Å². The Balaban J connectivity index is 2.06. The van der Waals surface area contributed by atoms with Crippen LogP contribution in [-0.4, -0.2) is 11.8 Å². The molecular weight excluding hydrogens is 278 g/mol. The molecule has 22 heavy (non-hydrogen) atoms. The maximum absolute atomic E-state index is 12.0. The fraction of sp³-hybridized carbons (Fsp3) is 0.118. The predicted octanol–water partition coefficient (Wildman–Crippen LogP) is 2.70. The van der Waals surface area contributed by atoms with E-state index in [0.29, 0.717) is 16.9 Å². The van der Waals surface area contributed by atoms with Gasteiger partial charge in [-0.1, -0.05) is 31.2 Å². The van der Waals surface area contributed by atoms with Gasteiger partial charge in [0.25, 0.3) is 0 Å². The van der Waals surface area contributed by atoms with E-state index in [1.54, 1.807) is 30.3 Å². The number of carbonyl (C=O) groups is 2. The zero-order chi connectivity index (χ0) is 15.9. The van der Waals surface area contributed by atoms with E-state index >= 15 is 0 Å². The molecule has 0 aliphatic carbocycles. The number of amides is 2. The number of nitrogens with zero attached hydrogens (tertiary/aromatic N) is 1. The largest absolute Gasteiger partial charge is 0.318 e. The minimum absolute atomic E-state index is 0.406. The van der Waals surface area contributed by atoms with Crippen molar-refractivity contribution in [2.45, 2.75) is 13.3 Å². The Hall–Kier alpha value is -3.13. The van der Waals surface area contributed by atoms with Gasteiger partial charge in [0.1, 0.15) is 0 Å². The van der Waals surface area contributed by atoms with Gasteiger partial charge in [0.2, 0.25) is 0 Å². The predicted molar refractivity (Wildman–Crippen MR) is 84.2 cm³/mol. The molecule has 0 spiro atoms. The van der Waals surface area contributed by atoms with Crippen LogP contribution < -0.4 is 10.6 Å². The molecule has 5 nitrogen and oxygen atoms in total. The zero-order valence-electron chi connectivity index (χ0n) is 12.1. The first-order valence-electron chi connectivity index (χ1n) is 6.84. The van der Waals surface area contributed by atoms with Crippen molar-refractivity contribution in [3.05, 3.63) is 59.7 Å². The SMILES string of the molecule is CCc1ccccc1NC(=O)C(=O)Nc1cccc(C#N)c1. The van der Waals surface area contributed by atoms with Gasteiger partial charge in [-0.05, 0) is 36.2 Å². The van der Waals surface area contributed by atoms with Crippen molar-refractivity contribution in [2.75, 3.05) is 10.6 Å². The highest BCUT2D eigenvalue weighted by Gasteiger charge is 2.15. The van der Waals surface area contributed by atoms with Gasteiger partial charge < -0.3 is 10.6 Å². The van der Waals surface area contributed by atoms with Gasteiger partial charge in [-0.25, -0.2) is 0 Å². The number of hydrogen-bond donors (Lipinski definition) is 2. The van der Waals surface area contributed by atoms with Crippen LogP contribution in [0.4, 0.5) is 11.4 Å². The Labute approximate surface area is 128 Å². The van der Waals surface area contributed by atoms with Crippen molar-refractivity contribution in [1.82, 2.24) is 0 Å². The van der Waals surface area contributed by atoms with Crippen LogP contribution in [0.25, 0.3) is 0 Å². The number of nitriles is 1. The van der Waals surface area contributed by atoms with Crippen LogP contribution in [0, 0.1) is 11.3 Å². The van der Waals surface area contributed by atoms with Crippen molar-refractivity contribution >= 4 is 23.2 Å². The van der Waals surface area contributed by atoms with Crippen LogP contribution in [0.1, 0.15) is 18.1 Å². The maximum atomic E-state index is 12.0. The number of aryl methyl sites for hydroxylation is 1. The number of anilines is 2. The van der Waals surface area contributed by atoms with Crippen molar-refractivity contribution in [3.63, 3.8) is 0 Å². The Bertz CT molecular complexity index is 748. The summed E-state index contributed by atoms with van der Waals surface area (Å²) in [5, 5.41) is 13.9. The lowest BCUT2D eigenvalue weighted by Crippen LogP contribution is -2.29. The number of benzene rings is 2.